The zero-order valence-electron chi connectivity index (χ0n) is 14.8. The van der Waals surface area contributed by atoms with E-state index >= 15 is 0 Å². The fraction of sp³-hybridized carbons (Fsp3) is 1.00. The Labute approximate surface area is 149 Å². The molecule has 0 saturated heterocycles. The van der Waals surface area contributed by atoms with Crippen molar-refractivity contribution in [2.24, 2.45) is 11.5 Å². The molecule has 0 aliphatic heterocycles. The van der Waals surface area contributed by atoms with Gasteiger partial charge in [-0.25, -0.2) is 0 Å². The molecule has 144 valence electrons. The van der Waals surface area contributed by atoms with Crippen LogP contribution in [-0.2, 0) is 12.7 Å². The first kappa shape index (κ1) is 28.3. The van der Waals surface area contributed by atoms with E-state index in [9.17, 15) is 0 Å². The zero-order valence-corrected chi connectivity index (χ0v) is 17.8. The molecule has 0 amide bonds. The SMILES string of the molecule is C.C.CCO[Si](C)(CCCN)O[Si](C)(C)O[Si](C)(C)CCCN. The maximum Gasteiger partial charge on any atom is 0.326 e. The van der Waals surface area contributed by atoms with Crippen LogP contribution in [0.5, 0.6) is 0 Å². The summed E-state index contributed by atoms with van der Waals surface area (Å²) in [5, 5.41) is 0. The predicted molar refractivity (Wildman–Crippen MR) is 111 cm³/mol. The van der Waals surface area contributed by atoms with Crippen LogP contribution in [0.1, 0.15) is 34.6 Å². The molecule has 0 aromatic carbocycles. The van der Waals surface area contributed by atoms with Crippen LogP contribution in [0, 0.1) is 0 Å². The lowest BCUT2D eigenvalue weighted by Gasteiger charge is -2.39. The fourth-order valence-electron chi connectivity index (χ4n) is 2.67. The molecule has 4 N–H and O–H groups in total. The van der Waals surface area contributed by atoms with Gasteiger partial charge in [0.05, 0.1) is 0 Å². The van der Waals surface area contributed by atoms with E-state index in [1.54, 1.807) is 0 Å². The molecule has 0 fully saturated rings. The molecule has 0 rings (SSSR count). The van der Waals surface area contributed by atoms with E-state index in [1.807, 2.05) is 6.92 Å². The van der Waals surface area contributed by atoms with E-state index < -0.39 is 25.4 Å². The summed E-state index contributed by atoms with van der Waals surface area (Å²) in [6, 6.07) is 2.01. The van der Waals surface area contributed by atoms with Crippen molar-refractivity contribution in [3.63, 3.8) is 0 Å². The lowest BCUT2D eigenvalue weighted by molar-refractivity contribution is 0.234. The monoisotopic (exact) mass is 384 g/mol. The molecule has 0 aromatic rings. The van der Waals surface area contributed by atoms with E-state index in [1.165, 1.54) is 0 Å². The molecule has 0 heterocycles. The van der Waals surface area contributed by atoms with Crippen molar-refractivity contribution in [2.75, 3.05) is 19.7 Å². The average molecular weight is 385 g/mol. The van der Waals surface area contributed by atoms with E-state index in [0.29, 0.717) is 13.2 Å². The zero-order chi connectivity index (χ0) is 16.6. The summed E-state index contributed by atoms with van der Waals surface area (Å²) in [6.07, 6.45) is 1.97. The normalized spacial score (nSPS) is 14.6. The Bertz CT molecular complexity index is 295. The van der Waals surface area contributed by atoms with Crippen molar-refractivity contribution in [1.29, 1.82) is 0 Å². The molecule has 0 bridgehead atoms. The van der Waals surface area contributed by atoms with Gasteiger partial charge in [0.1, 0.15) is 0 Å². The van der Waals surface area contributed by atoms with Crippen LogP contribution in [-0.4, -0.2) is 45.1 Å². The van der Waals surface area contributed by atoms with Crippen LogP contribution >= 0.6 is 0 Å². The highest BCUT2D eigenvalue weighted by atomic mass is 28.5. The van der Waals surface area contributed by atoms with Gasteiger partial charge in [-0.05, 0) is 77.7 Å². The molecule has 0 aromatic heterocycles. The lowest BCUT2D eigenvalue weighted by Crippen LogP contribution is -2.54. The summed E-state index contributed by atoms with van der Waals surface area (Å²) < 4.78 is 18.9. The minimum absolute atomic E-state index is 0. The van der Waals surface area contributed by atoms with Crippen LogP contribution < -0.4 is 11.5 Å². The van der Waals surface area contributed by atoms with Crippen LogP contribution in [0.15, 0.2) is 0 Å². The first-order valence-electron chi connectivity index (χ1n) is 8.04. The molecule has 0 aliphatic rings. The first-order valence-corrected chi connectivity index (χ1v) is 16.5. The maximum absolute atomic E-state index is 6.47. The Balaban J connectivity index is -0.00000200. The van der Waals surface area contributed by atoms with Gasteiger partial charge in [0.25, 0.3) is 0 Å². The Morgan fingerprint density at radius 2 is 1.26 bits per heavy atom. The molecule has 0 aliphatic carbocycles. The largest absolute Gasteiger partial charge is 0.436 e. The van der Waals surface area contributed by atoms with Crippen LogP contribution in [0.3, 0.4) is 0 Å². The minimum Gasteiger partial charge on any atom is -0.436 e. The van der Waals surface area contributed by atoms with Gasteiger partial charge in [-0.2, -0.15) is 0 Å². The molecule has 0 saturated carbocycles. The van der Waals surface area contributed by atoms with Gasteiger partial charge in [-0.1, -0.05) is 14.9 Å². The van der Waals surface area contributed by atoms with Crippen molar-refractivity contribution >= 4 is 25.4 Å². The third-order valence-corrected chi connectivity index (χ3v) is 14.8. The van der Waals surface area contributed by atoms with Crippen LogP contribution in [0.4, 0.5) is 0 Å². The first-order chi connectivity index (χ1) is 9.60. The topological polar surface area (TPSA) is 79.7 Å². The summed E-state index contributed by atoms with van der Waals surface area (Å²) in [6.45, 7) is 15.0. The molecule has 1 unspecified atom stereocenters. The van der Waals surface area contributed by atoms with Gasteiger partial charge in [-0.15, -0.1) is 0 Å². The molecule has 0 spiro atoms. The van der Waals surface area contributed by atoms with Gasteiger partial charge in [0, 0.05) is 6.61 Å². The second-order valence-corrected chi connectivity index (χ2v) is 18.2. The van der Waals surface area contributed by atoms with Crippen LogP contribution in [0.25, 0.3) is 0 Å². The van der Waals surface area contributed by atoms with E-state index in [0.717, 1.165) is 31.5 Å². The summed E-state index contributed by atoms with van der Waals surface area (Å²) in [5.74, 6) is 0. The summed E-state index contributed by atoms with van der Waals surface area (Å²) in [5.41, 5.74) is 11.3. The number of hydrogen-bond donors (Lipinski definition) is 2. The van der Waals surface area contributed by atoms with E-state index in [4.69, 9.17) is 24.1 Å². The Morgan fingerprint density at radius 3 is 1.70 bits per heavy atom. The molecule has 5 nitrogen and oxygen atoms in total. The number of rotatable bonds is 12. The Kier molecular flexibility index (Phi) is 15.7. The summed E-state index contributed by atoms with van der Waals surface area (Å²) in [7, 11) is -6.09. The fourth-order valence-corrected chi connectivity index (χ4v) is 16.4. The second kappa shape index (κ2) is 12.8. The summed E-state index contributed by atoms with van der Waals surface area (Å²) >= 11 is 0. The summed E-state index contributed by atoms with van der Waals surface area (Å²) in [4.78, 5) is 0. The van der Waals surface area contributed by atoms with Crippen LogP contribution in [0.2, 0.25) is 44.8 Å². The predicted octanol–water partition coefficient (Wildman–Crippen LogP) is 4.00. The Morgan fingerprint density at radius 1 is 0.783 bits per heavy atom. The number of hydrogen-bond acceptors (Lipinski definition) is 5. The minimum atomic E-state index is -2.19. The van der Waals surface area contributed by atoms with E-state index in [2.05, 4.69) is 32.7 Å². The average Bonchev–Trinajstić information content (AvgIpc) is 2.32. The highest BCUT2D eigenvalue weighted by molar-refractivity contribution is 6.86. The lowest BCUT2D eigenvalue weighted by atomic mass is 10.5. The highest BCUT2D eigenvalue weighted by Crippen LogP contribution is 2.26. The standard InChI is InChI=1S/C13H36N2O3Si3.2CH4/c1-7-16-21(6,13-9-11-15)18-20(4,5)17-19(2,3)12-8-10-14;;/h7-15H2,1-6H3;2*1H4. The maximum atomic E-state index is 6.47. The van der Waals surface area contributed by atoms with Crippen molar-refractivity contribution in [3.8, 4) is 0 Å². The van der Waals surface area contributed by atoms with Crippen molar-refractivity contribution in [3.05, 3.63) is 0 Å². The molecule has 0 radical (unpaired) electrons. The third kappa shape index (κ3) is 13.4. The van der Waals surface area contributed by atoms with Crippen molar-refractivity contribution in [1.82, 2.24) is 0 Å². The van der Waals surface area contributed by atoms with Gasteiger partial charge in [0.15, 0.2) is 8.32 Å². The molecule has 8 heteroatoms. The smallest absolute Gasteiger partial charge is 0.326 e. The number of nitrogens with two attached hydrogens (primary N) is 2. The van der Waals surface area contributed by atoms with Crippen molar-refractivity contribution < 1.29 is 12.7 Å². The van der Waals surface area contributed by atoms with Gasteiger partial charge in [-0.3, -0.25) is 0 Å². The van der Waals surface area contributed by atoms with Gasteiger partial charge in [0.2, 0.25) is 0 Å². The quantitative estimate of drug-likeness (QED) is 0.497. The van der Waals surface area contributed by atoms with Crippen molar-refractivity contribution in [2.45, 2.75) is 79.4 Å². The van der Waals surface area contributed by atoms with Gasteiger partial charge >= 0.3 is 17.1 Å². The molecule has 23 heavy (non-hydrogen) atoms. The van der Waals surface area contributed by atoms with Gasteiger partial charge < -0.3 is 24.1 Å². The second-order valence-electron chi connectivity index (χ2n) is 6.71. The highest BCUT2D eigenvalue weighted by Gasteiger charge is 2.42. The van der Waals surface area contributed by atoms with E-state index in [-0.39, 0.29) is 14.9 Å². The molecular weight excluding hydrogens is 340 g/mol. The molecular formula is C15H44N2O3Si3. The molecule has 1 atom stereocenters. The third-order valence-electron chi connectivity index (χ3n) is 3.25. The Hall–Kier alpha value is 0.451.